The molecule has 3 aromatic rings. The van der Waals surface area contributed by atoms with Crippen molar-refractivity contribution in [1.82, 2.24) is 10.3 Å². The lowest BCUT2D eigenvalue weighted by Crippen LogP contribution is -2.30. The van der Waals surface area contributed by atoms with E-state index in [0.717, 1.165) is 41.4 Å². The van der Waals surface area contributed by atoms with Gasteiger partial charge < -0.3 is 24.8 Å². The molecule has 1 aromatic heterocycles. The molecule has 0 amide bonds. The van der Waals surface area contributed by atoms with Crippen LogP contribution in [-0.2, 0) is 17.9 Å². The topological polar surface area (TPSA) is 77.0 Å². The van der Waals surface area contributed by atoms with Gasteiger partial charge in [0.2, 0.25) is 0 Å². The number of nitrogens with one attached hydrogen (secondary N) is 2. The zero-order chi connectivity index (χ0) is 23.1. The van der Waals surface area contributed by atoms with E-state index in [0.29, 0.717) is 32.3 Å². The summed E-state index contributed by atoms with van der Waals surface area (Å²) >= 11 is 0. The summed E-state index contributed by atoms with van der Waals surface area (Å²) in [6, 6.07) is 21.6. The molecule has 0 spiro atoms. The Hall–Kier alpha value is -3.58. The number of methoxy groups -OCH3 is 1. The van der Waals surface area contributed by atoms with Crippen molar-refractivity contribution < 1.29 is 14.2 Å². The number of benzene rings is 2. The number of anilines is 1. The molecule has 0 aliphatic rings. The maximum atomic E-state index is 5.80. The molecule has 2 aromatic carbocycles. The summed E-state index contributed by atoms with van der Waals surface area (Å²) in [6.45, 7) is 5.10. The Morgan fingerprint density at radius 2 is 1.82 bits per heavy atom. The first-order chi connectivity index (χ1) is 16.3. The molecule has 0 bridgehead atoms. The van der Waals surface area contributed by atoms with Gasteiger partial charge >= 0.3 is 0 Å². The predicted molar refractivity (Wildman–Crippen MR) is 132 cm³/mol. The van der Waals surface area contributed by atoms with Crippen LogP contribution in [0.4, 0.5) is 5.69 Å². The highest BCUT2D eigenvalue weighted by molar-refractivity contribution is 5.93. The van der Waals surface area contributed by atoms with Crippen LogP contribution in [0.25, 0.3) is 0 Å². The Labute approximate surface area is 195 Å². The molecule has 7 heteroatoms. The van der Waals surface area contributed by atoms with E-state index in [9.17, 15) is 0 Å². The fourth-order valence-electron chi connectivity index (χ4n) is 3.00. The van der Waals surface area contributed by atoms with Crippen LogP contribution in [-0.4, -0.2) is 37.8 Å². The second-order valence-corrected chi connectivity index (χ2v) is 7.30. The number of aromatic nitrogens is 1. The standard InChI is InChI=1S/C26H32N4O3/c1-3-27-26(30-22-9-6-10-25(18-22)32-17-7-16-31-2)29-19-21-11-13-24(14-12-21)33-20-23-8-4-5-15-28-23/h4-6,8-15,18H,3,7,16-17,19-20H2,1-2H3,(H2,27,29,30). The molecular formula is C26H32N4O3. The summed E-state index contributed by atoms with van der Waals surface area (Å²) in [4.78, 5) is 8.97. The molecule has 174 valence electrons. The molecule has 33 heavy (non-hydrogen) atoms. The van der Waals surface area contributed by atoms with E-state index in [1.54, 1.807) is 13.3 Å². The van der Waals surface area contributed by atoms with Gasteiger partial charge in [0.05, 0.1) is 18.8 Å². The van der Waals surface area contributed by atoms with Crippen LogP contribution in [0.1, 0.15) is 24.6 Å². The zero-order valence-electron chi connectivity index (χ0n) is 19.3. The molecule has 2 N–H and O–H groups in total. The first kappa shape index (κ1) is 24.1. The van der Waals surface area contributed by atoms with Gasteiger partial charge in [0, 0.05) is 44.6 Å². The normalized spacial score (nSPS) is 11.2. The molecule has 0 unspecified atom stereocenters. The molecule has 0 fully saturated rings. The largest absolute Gasteiger partial charge is 0.493 e. The molecule has 0 aliphatic heterocycles. The maximum Gasteiger partial charge on any atom is 0.196 e. The third kappa shape index (κ3) is 8.82. The third-order valence-electron chi connectivity index (χ3n) is 4.66. The van der Waals surface area contributed by atoms with E-state index >= 15 is 0 Å². The van der Waals surface area contributed by atoms with Gasteiger partial charge in [-0.25, -0.2) is 4.99 Å². The van der Waals surface area contributed by atoms with Crippen LogP contribution in [0, 0.1) is 0 Å². The highest BCUT2D eigenvalue weighted by atomic mass is 16.5. The average Bonchev–Trinajstić information content (AvgIpc) is 2.86. The molecule has 0 atom stereocenters. The predicted octanol–water partition coefficient (Wildman–Crippen LogP) is 4.65. The van der Waals surface area contributed by atoms with E-state index in [-0.39, 0.29) is 0 Å². The van der Waals surface area contributed by atoms with Crippen molar-refractivity contribution in [2.24, 2.45) is 4.99 Å². The molecule has 0 aliphatic carbocycles. The van der Waals surface area contributed by atoms with E-state index in [1.165, 1.54) is 0 Å². The second kappa shape index (κ2) is 13.8. The number of guanidine groups is 1. The van der Waals surface area contributed by atoms with Crippen molar-refractivity contribution in [2.75, 3.05) is 32.2 Å². The van der Waals surface area contributed by atoms with Crippen molar-refractivity contribution in [3.63, 3.8) is 0 Å². The maximum absolute atomic E-state index is 5.80. The van der Waals surface area contributed by atoms with E-state index in [2.05, 4.69) is 15.6 Å². The molecule has 0 radical (unpaired) electrons. The highest BCUT2D eigenvalue weighted by Crippen LogP contribution is 2.18. The summed E-state index contributed by atoms with van der Waals surface area (Å²) < 4.78 is 16.6. The molecule has 7 nitrogen and oxygen atoms in total. The zero-order valence-corrected chi connectivity index (χ0v) is 19.3. The molecular weight excluding hydrogens is 416 g/mol. The lowest BCUT2D eigenvalue weighted by molar-refractivity contribution is 0.172. The third-order valence-corrected chi connectivity index (χ3v) is 4.66. The molecule has 3 rings (SSSR count). The van der Waals surface area contributed by atoms with Crippen LogP contribution < -0.4 is 20.1 Å². The Morgan fingerprint density at radius 3 is 2.58 bits per heavy atom. The summed E-state index contributed by atoms with van der Waals surface area (Å²) in [5.41, 5.74) is 2.90. The van der Waals surface area contributed by atoms with Gasteiger partial charge in [0.15, 0.2) is 5.96 Å². The van der Waals surface area contributed by atoms with Crippen molar-refractivity contribution in [2.45, 2.75) is 26.5 Å². The monoisotopic (exact) mass is 448 g/mol. The number of nitrogens with zero attached hydrogens (tertiary/aromatic N) is 2. The summed E-state index contributed by atoms with van der Waals surface area (Å²) in [7, 11) is 1.69. The number of rotatable bonds is 12. The average molecular weight is 449 g/mol. The van der Waals surface area contributed by atoms with Gasteiger partial charge in [0.1, 0.15) is 18.1 Å². The fraction of sp³-hybridized carbons (Fsp3) is 0.308. The van der Waals surface area contributed by atoms with E-state index < -0.39 is 0 Å². The number of hydrogen-bond acceptors (Lipinski definition) is 5. The SMILES string of the molecule is CCNC(=NCc1ccc(OCc2ccccn2)cc1)Nc1cccc(OCCCOC)c1. The highest BCUT2D eigenvalue weighted by Gasteiger charge is 2.03. The Balaban J connectivity index is 1.54. The lowest BCUT2D eigenvalue weighted by atomic mass is 10.2. The Morgan fingerprint density at radius 1 is 0.939 bits per heavy atom. The smallest absolute Gasteiger partial charge is 0.196 e. The minimum absolute atomic E-state index is 0.446. The number of pyridine rings is 1. The van der Waals surface area contributed by atoms with Crippen molar-refractivity contribution in [3.05, 3.63) is 84.2 Å². The first-order valence-electron chi connectivity index (χ1n) is 11.2. The summed E-state index contributed by atoms with van der Waals surface area (Å²) in [5, 5.41) is 6.63. The molecule has 0 saturated carbocycles. The van der Waals surface area contributed by atoms with E-state index in [4.69, 9.17) is 19.2 Å². The minimum Gasteiger partial charge on any atom is -0.493 e. The number of hydrogen-bond donors (Lipinski definition) is 2. The number of ether oxygens (including phenoxy) is 3. The second-order valence-electron chi connectivity index (χ2n) is 7.30. The molecule has 0 saturated heterocycles. The van der Waals surface area contributed by atoms with Crippen molar-refractivity contribution in [1.29, 1.82) is 0 Å². The fourth-order valence-corrected chi connectivity index (χ4v) is 3.00. The van der Waals surface area contributed by atoms with Gasteiger partial charge in [0.25, 0.3) is 0 Å². The minimum atomic E-state index is 0.446. The van der Waals surface area contributed by atoms with Gasteiger partial charge in [-0.15, -0.1) is 0 Å². The van der Waals surface area contributed by atoms with Crippen LogP contribution >= 0.6 is 0 Å². The van der Waals surface area contributed by atoms with Crippen LogP contribution in [0.3, 0.4) is 0 Å². The van der Waals surface area contributed by atoms with Gasteiger partial charge in [-0.05, 0) is 48.9 Å². The Bertz CT molecular complexity index is 978. The first-order valence-corrected chi connectivity index (χ1v) is 11.2. The van der Waals surface area contributed by atoms with E-state index in [1.807, 2.05) is 73.7 Å². The van der Waals surface area contributed by atoms with Crippen LogP contribution in [0.2, 0.25) is 0 Å². The summed E-state index contributed by atoms with van der Waals surface area (Å²) in [6.07, 6.45) is 2.62. The number of aliphatic imine (C=N–C) groups is 1. The van der Waals surface area contributed by atoms with Crippen LogP contribution in [0.15, 0.2) is 77.9 Å². The molecule has 1 heterocycles. The Kier molecular flexibility index (Phi) is 10.0. The lowest BCUT2D eigenvalue weighted by Gasteiger charge is -2.13. The van der Waals surface area contributed by atoms with Gasteiger partial charge in [-0.3, -0.25) is 4.98 Å². The quantitative estimate of drug-likeness (QED) is 0.239. The summed E-state index contributed by atoms with van der Waals surface area (Å²) in [5.74, 6) is 2.33. The van der Waals surface area contributed by atoms with Crippen LogP contribution in [0.5, 0.6) is 11.5 Å². The van der Waals surface area contributed by atoms with Gasteiger partial charge in [-0.2, -0.15) is 0 Å². The van der Waals surface area contributed by atoms with Crippen molar-refractivity contribution >= 4 is 11.6 Å². The van der Waals surface area contributed by atoms with Gasteiger partial charge in [-0.1, -0.05) is 24.3 Å². The van der Waals surface area contributed by atoms with Crippen molar-refractivity contribution in [3.8, 4) is 11.5 Å².